The Morgan fingerprint density at radius 1 is 1.11 bits per heavy atom. The number of hydrogen-bond acceptors (Lipinski definition) is 6. The number of rotatable bonds is 7. The van der Waals surface area contributed by atoms with Gasteiger partial charge in [0.05, 0.1) is 18.9 Å². The standard InChI is InChI=1S/C20H22N2O6/c1-27-16-9-5-2-6-13(16)10-21-17(23)12-28-18(24)11-22-19(25)14-7-3-4-8-15(14)20(22)26/h2-6,9,14-15H,7-8,10-12H2,1H3,(H,21,23)/t14-,15+. The fourth-order valence-electron chi connectivity index (χ4n) is 3.44. The molecule has 0 spiro atoms. The maximum Gasteiger partial charge on any atom is 0.326 e. The number of amides is 3. The minimum Gasteiger partial charge on any atom is -0.496 e. The first-order chi connectivity index (χ1) is 13.5. The number of nitrogens with one attached hydrogen (secondary N) is 1. The number of benzene rings is 1. The van der Waals surface area contributed by atoms with Crippen molar-refractivity contribution in [3.63, 3.8) is 0 Å². The van der Waals surface area contributed by atoms with Crippen LogP contribution in [0.25, 0.3) is 0 Å². The van der Waals surface area contributed by atoms with E-state index in [1.807, 2.05) is 30.4 Å². The molecule has 1 fully saturated rings. The van der Waals surface area contributed by atoms with Crippen LogP contribution in [0.2, 0.25) is 0 Å². The third-order valence-corrected chi connectivity index (χ3v) is 4.92. The summed E-state index contributed by atoms with van der Waals surface area (Å²) in [5.74, 6) is -2.13. The normalized spacial score (nSPS) is 20.7. The fourth-order valence-corrected chi connectivity index (χ4v) is 3.44. The number of methoxy groups -OCH3 is 1. The van der Waals surface area contributed by atoms with Crippen molar-refractivity contribution < 1.29 is 28.7 Å². The number of nitrogens with zero attached hydrogens (tertiary/aromatic N) is 1. The summed E-state index contributed by atoms with van der Waals surface area (Å²) in [5, 5.41) is 2.63. The molecule has 0 unspecified atom stereocenters. The molecule has 1 N–H and O–H groups in total. The van der Waals surface area contributed by atoms with E-state index in [9.17, 15) is 19.2 Å². The molecular weight excluding hydrogens is 364 g/mol. The Labute approximate surface area is 162 Å². The monoisotopic (exact) mass is 386 g/mol. The van der Waals surface area contributed by atoms with Crippen LogP contribution in [0.15, 0.2) is 36.4 Å². The van der Waals surface area contributed by atoms with E-state index in [1.165, 1.54) is 7.11 Å². The van der Waals surface area contributed by atoms with E-state index in [-0.39, 0.29) is 18.4 Å². The number of allylic oxidation sites excluding steroid dienone is 2. The van der Waals surface area contributed by atoms with Gasteiger partial charge in [0.25, 0.3) is 5.91 Å². The highest BCUT2D eigenvalue weighted by molar-refractivity contribution is 6.07. The summed E-state index contributed by atoms with van der Waals surface area (Å²) in [4.78, 5) is 49.5. The quantitative estimate of drug-likeness (QED) is 0.423. The summed E-state index contributed by atoms with van der Waals surface area (Å²) in [7, 11) is 1.54. The minimum absolute atomic E-state index is 0.222. The van der Waals surface area contributed by atoms with E-state index in [1.54, 1.807) is 6.07 Å². The van der Waals surface area contributed by atoms with Gasteiger partial charge in [-0.15, -0.1) is 0 Å². The first-order valence-corrected chi connectivity index (χ1v) is 9.05. The maximum atomic E-state index is 12.3. The summed E-state index contributed by atoms with van der Waals surface area (Å²) in [6, 6.07) is 7.23. The third kappa shape index (κ3) is 4.21. The largest absolute Gasteiger partial charge is 0.496 e. The number of para-hydroxylation sites is 1. The second kappa shape index (κ2) is 8.69. The molecule has 0 radical (unpaired) electrons. The predicted octanol–water partition coefficient (Wildman–Crippen LogP) is 0.806. The topological polar surface area (TPSA) is 102 Å². The van der Waals surface area contributed by atoms with Crippen molar-refractivity contribution in [1.82, 2.24) is 10.2 Å². The van der Waals surface area contributed by atoms with Crippen molar-refractivity contribution in [2.24, 2.45) is 11.8 Å². The highest BCUT2D eigenvalue weighted by Crippen LogP contribution is 2.34. The van der Waals surface area contributed by atoms with Crippen LogP contribution < -0.4 is 10.1 Å². The van der Waals surface area contributed by atoms with Gasteiger partial charge in [0, 0.05) is 12.1 Å². The van der Waals surface area contributed by atoms with E-state index in [2.05, 4.69) is 5.32 Å². The molecule has 28 heavy (non-hydrogen) atoms. The van der Waals surface area contributed by atoms with Crippen molar-refractivity contribution in [2.45, 2.75) is 19.4 Å². The van der Waals surface area contributed by atoms with E-state index in [0.717, 1.165) is 10.5 Å². The Hall–Kier alpha value is -3.16. The molecule has 1 aromatic carbocycles. The lowest BCUT2D eigenvalue weighted by Gasteiger charge is -2.14. The highest BCUT2D eigenvalue weighted by Gasteiger charge is 2.47. The molecule has 0 bridgehead atoms. The first kappa shape index (κ1) is 19.6. The van der Waals surface area contributed by atoms with E-state index >= 15 is 0 Å². The fraction of sp³-hybridized carbons (Fsp3) is 0.400. The average Bonchev–Trinajstić information content (AvgIpc) is 2.96. The summed E-state index contributed by atoms with van der Waals surface area (Å²) in [6.45, 7) is -0.733. The highest BCUT2D eigenvalue weighted by atomic mass is 16.5. The third-order valence-electron chi connectivity index (χ3n) is 4.92. The smallest absolute Gasteiger partial charge is 0.326 e. The Balaban J connectivity index is 1.45. The number of likely N-dealkylation sites (tertiary alicyclic amines) is 1. The molecule has 1 aromatic rings. The molecule has 2 aliphatic rings. The molecule has 1 aliphatic carbocycles. The van der Waals surface area contributed by atoms with Crippen LogP contribution in [-0.4, -0.2) is 48.9 Å². The number of ether oxygens (including phenoxy) is 2. The molecule has 3 rings (SSSR count). The van der Waals surface area contributed by atoms with Crippen LogP contribution in [0.1, 0.15) is 18.4 Å². The molecular formula is C20H22N2O6. The molecule has 2 atom stereocenters. The zero-order valence-corrected chi connectivity index (χ0v) is 15.6. The number of imide groups is 1. The van der Waals surface area contributed by atoms with Crippen molar-refractivity contribution in [3.8, 4) is 5.75 Å². The van der Waals surface area contributed by atoms with Gasteiger partial charge in [0.15, 0.2) is 6.61 Å². The van der Waals surface area contributed by atoms with Gasteiger partial charge < -0.3 is 14.8 Å². The number of fused-ring (bicyclic) bond motifs is 1. The van der Waals surface area contributed by atoms with Gasteiger partial charge in [-0.25, -0.2) is 0 Å². The van der Waals surface area contributed by atoms with Gasteiger partial charge in [0.1, 0.15) is 12.3 Å². The summed E-state index contributed by atoms with van der Waals surface area (Å²) in [6.07, 6.45) is 4.76. The molecule has 8 nitrogen and oxygen atoms in total. The summed E-state index contributed by atoms with van der Waals surface area (Å²) < 4.78 is 10.1. The van der Waals surface area contributed by atoms with Gasteiger partial charge in [-0.3, -0.25) is 24.1 Å². The molecule has 0 saturated carbocycles. The average molecular weight is 386 g/mol. The number of carbonyl (C=O) groups is 4. The Kier molecular flexibility index (Phi) is 6.08. The van der Waals surface area contributed by atoms with E-state index in [0.29, 0.717) is 18.6 Å². The van der Waals surface area contributed by atoms with Gasteiger partial charge in [-0.1, -0.05) is 30.4 Å². The van der Waals surface area contributed by atoms with Gasteiger partial charge in [-0.05, 0) is 18.9 Å². The lowest BCUT2D eigenvalue weighted by atomic mass is 9.85. The number of carbonyl (C=O) groups excluding carboxylic acids is 4. The first-order valence-electron chi connectivity index (χ1n) is 9.05. The van der Waals surface area contributed by atoms with Crippen LogP contribution in [0, 0.1) is 11.8 Å². The molecule has 1 aliphatic heterocycles. The SMILES string of the molecule is COc1ccccc1CNC(=O)COC(=O)CN1C(=O)[C@H]2CC=CC[C@H]2C1=O. The second-order valence-electron chi connectivity index (χ2n) is 6.67. The Morgan fingerprint density at radius 3 is 2.39 bits per heavy atom. The minimum atomic E-state index is -0.791. The van der Waals surface area contributed by atoms with Crippen molar-refractivity contribution in [1.29, 1.82) is 0 Å². The predicted molar refractivity (Wildman–Crippen MR) is 97.9 cm³/mol. The summed E-state index contributed by atoms with van der Waals surface area (Å²) in [5.41, 5.74) is 0.786. The number of esters is 1. The van der Waals surface area contributed by atoms with Gasteiger partial charge >= 0.3 is 5.97 Å². The van der Waals surface area contributed by atoms with Crippen LogP contribution in [0.3, 0.4) is 0 Å². The molecule has 0 aromatic heterocycles. The van der Waals surface area contributed by atoms with Crippen molar-refractivity contribution in [3.05, 3.63) is 42.0 Å². The second-order valence-corrected chi connectivity index (χ2v) is 6.67. The lowest BCUT2D eigenvalue weighted by Crippen LogP contribution is -2.38. The molecule has 1 saturated heterocycles. The molecule has 8 heteroatoms. The molecule has 148 valence electrons. The number of hydrogen-bond donors (Lipinski definition) is 1. The van der Waals surface area contributed by atoms with Gasteiger partial charge in [-0.2, -0.15) is 0 Å². The van der Waals surface area contributed by atoms with Crippen molar-refractivity contribution >= 4 is 23.7 Å². The van der Waals surface area contributed by atoms with Gasteiger partial charge in [0.2, 0.25) is 11.8 Å². The van der Waals surface area contributed by atoms with Crippen LogP contribution in [0.4, 0.5) is 0 Å². The van der Waals surface area contributed by atoms with E-state index < -0.39 is 36.9 Å². The lowest BCUT2D eigenvalue weighted by molar-refractivity contribution is -0.154. The van der Waals surface area contributed by atoms with Crippen molar-refractivity contribution in [2.75, 3.05) is 20.3 Å². The zero-order valence-electron chi connectivity index (χ0n) is 15.6. The van der Waals surface area contributed by atoms with Crippen LogP contribution in [-0.2, 0) is 30.5 Å². The molecule has 3 amide bonds. The molecule has 1 heterocycles. The maximum absolute atomic E-state index is 12.3. The Bertz CT molecular complexity index is 793. The zero-order chi connectivity index (χ0) is 20.1. The van der Waals surface area contributed by atoms with Crippen LogP contribution in [0.5, 0.6) is 5.75 Å². The van der Waals surface area contributed by atoms with Crippen LogP contribution >= 0.6 is 0 Å². The summed E-state index contributed by atoms with van der Waals surface area (Å²) >= 11 is 0. The Morgan fingerprint density at radius 2 is 1.75 bits per heavy atom. The van der Waals surface area contributed by atoms with E-state index in [4.69, 9.17) is 9.47 Å².